The number of nitrogens with zero attached hydrogens (tertiary/aromatic N) is 2. The highest BCUT2D eigenvalue weighted by Crippen LogP contribution is 2.48. The van der Waals surface area contributed by atoms with Gasteiger partial charge in [0.25, 0.3) is 0 Å². The lowest BCUT2D eigenvalue weighted by Crippen LogP contribution is -2.27. The summed E-state index contributed by atoms with van der Waals surface area (Å²) in [5.74, 6) is 1.87. The first-order chi connectivity index (χ1) is 13.6. The number of rotatable bonds is 5. The van der Waals surface area contributed by atoms with Gasteiger partial charge in [-0.3, -0.25) is 4.79 Å². The fraction of sp³-hybridized carbons (Fsp3) is 0.286. The summed E-state index contributed by atoms with van der Waals surface area (Å²) >= 11 is 0. The van der Waals surface area contributed by atoms with E-state index in [1.807, 2.05) is 31.2 Å². The zero-order valence-electron chi connectivity index (χ0n) is 15.4. The zero-order valence-corrected chi connectivity index (χ0v) is 15.4. The number of hydrogen-bond donors (Lipinski definition) is 3. The van der Waals surface area contributed by atoms with Gasteiger partial charge < -0.3 is 15.3 Å². The molecule has 5 rings (SSSR count). The third-order valence-corrected chi connectivity index (χ3v) is 5.38. The number of halogens is 1. The average molecular weight is 377 g/mol. The van der Waals surface area contributed by atoms with Crippen LogP contribution in [0.15, 0.2) is 42.5 Å². The van der Waals surface area contributed by atoms with Gasteiger partial charge >= 0.3 is 0 Å². The van der Waals surface area contributed by atoms with Crippen LogP contribution < -0.4 is 5.32 Å². The summed E-state index contributed by atoms with van der Waals surface area (Å²) in [7, 11) is 0. The minimum absolute atomic E-state index is 0.0113. The van der Waals surface area contributed by atoms with Crippen LogP contribution in [0.4, 0.5) is 4.39 Å². The number of hydrogen-bond acceptors (Lipinski definition) is 3. The maximum Gasteiger partial charge on any atom is 0.220 e. The molecule has 0 radical (unpaired) electrons. The summed E-state index contributed by atoms with van der Waals surface area (Å²) in [4.78, 5) is 28.0. The Morgan fingerprint density at radius 2 is 2.00 bits per heavy atom. The van der Waals surface area contributed by atoms with Crippen LogP contribution in [0.1, 0.15) is 43.4 Å². The van der Waals surface area contributed by atoms with Gasteiger partial charge in [-0.05, 0) is 49.6 Å². The number of carbonyl (C=O) groups excluding carboxylic acids is 1. The lowest BCUT2D eigenvalue weighted by atomic mass is 10.2. The molecule has 1 aliphatic rings. The molecule has 1 aliphatic carbocycles. The number of H-pyrrole nitrogens is 2. The lowest BCUT2D eigenvalue weighted by molar-refractivity contribution is -0.122. The van der Waals surface area contributed by atoms with Crippen molar-refractivity contribution in [3.63, 3.8) is 0 Å². The van der Waals surface area contributed by atoms with Crippen LogP contribution in [0, 0.1) is 11.7 Å². The standard InChI is InChI=1S/C21H20FN5O/c1-11(20-24-17-7-6-13(22)10-18(17)27-20)23-19(28)9-12-8-14(12)21-25-15-4-2-3-5-16(15)26-21/h2-7,10-12,14H,8-9H2,1H3,(H,23,28)(H,24,27)(H,25,26)/t11?,12-,14-/m0/s1. The molecule has 1 fully saturated rings. The molecule has 4 aromatic rings. The van der Waals surface area contributed by atoms with Crippen molar-refractivity contribution in [1.82, 2.24) is 25.3 Å². The van der Waals surface area contributed by atoms with Crippen molar-refractivity contribution < 1.29 is 9.18 Å². The van der Waals surface area contributed by atoms with Gasteiger partial charge in [0.1, 0.15) is 17.5 Å². The summed E-state index contributed by atoms with van der Waals surface area (Å²) in [5, 5.41) is 2.98. The molecule has 2 aromatic heterocycles. The zero-order chi connectivity index (χ0) is 19.3. The molecule has 1 saturated carbocycles. The predicted octanol–water partition coefficient (Wildman–Crippen LogP) is 3.95. The topological polar surface area (TPSA) is 86.5 Å². The van der Waals surface area contributed by atoms with Gasteiger partial charge in [0, 0.05) is 12.3 Å². The maximum absolute atomic E-state index is 13.3. The Morgan fingerprint density at radius 1 is 1.18 bits per heavy atom. The molecule has 0 spiro atoms. The van der Waals surface area contributed by atoms with Gasteiger partial charge in [-0.15, -0.1) is 0 Å². The second-order valence-corrected chi connectivity index (χ2v) is 7.52. The molecule has 2 aromatic carbocycles. The molecule has 3 atom stereocenters. The van der Waals surface area contributed by atoms with Gasteiger partial charge in [0.15, 0.2) is 0 Å². The van der Waals surface area contributed by atoms with E-state index in [4.69, 9.17) is 0 Å². The van der Waals surface area contributed by atoms with E-state index >= 15 is 0 Å². The normalized spacial score (nSPS) is 19.8. The van der Waals surface area contributed by atoms with Crippen molar-refractivity contribution in [3.8, 4) is 0 Å². The summed E-state index contributed by atoms with van der Waals surface area (Å²) in [6.45, 7) is 1.87. The van der Waals surface area contributed by atoms with E-state index in [-0.39, 0.29) is 17.8 Å². The molecule has 7 heteroatoms. The number of aromatic amines is 2. The molecular weight excluding hydrogens is 357 g/mol. The Labute approximate surface area is 160 Å². The summed E-state index contributed by atoms with van der Waals surface area (Å²) in [6.07, 6.45) is 1.42. The van der Waals surface area contributed by atoms with Gasteiger partial charge in [-0.1, -0.05) is 12.1 Å². The molecule has 1 unspecified atom stereocenters. The Morgan fingerprint density at radius 3 is 2.86 bits per heavy atom. The van der Waals surface area contributed by atoms with Gasteiger partial charge in [0.05, 0.1) is 28.1 Å². The monoisotopic (exact) mass is 377 g/mol. The first-order valence-corrected chi connectivity index (χ1v) is 9.46. The largest absolute Gasteiger partial charge is 0.346 e. The van der Waals surface area contributed by atoms with Crippen molar-refractivity contribution in [1.29, 1.82) is 0 Å². The van der Waals surface area contributed by atoms with Crippen molar-refractivity contribution in [2.45, 2.75) is 31.7 Å². The van der Waals surface area contributed by atoms with Crippen molar-refractivity contribution in [2.75, 3.05) is 0 Å². The Kier molecular flexibility index (Phi) is 3.89. The summed E-state index contributed by atoms with van der Waals surface area (Å²) in [5.41, 5.74) is 3.30. The number of fused-ring (bicyclic) bond motifs is 2. The quantitative estimate of drug-likeness (QED) is 0.492. The molecule has 1 amide bonds. The Bertz CT molecular complexity index is 1150. The molecule has 6 nitrogen and oxygen atoms in total. The highest BCUT2D eigenvalue weighted by molar-refractivity contribution is 5.78. The molecule has 0 saturated heterocycles. The van der Waals surface area contributed by atoms with E-state index < -0.39 is 0 Å². The van der Waals surface area contributed by atoms with Crippen molar-refractivity contribution in [2.24, 2.45) is 5.92 Å². The SMILES string of the molecule is CC(NC(=O)C[C@@H]1C[C@@H]1c1nc2ccccc2[nH]1)c1nc2ccc(F)cc2[nH]1. The van der Waals surface area contributed by atoms with Crippen LogP contribution in [0.3, 0.4) is 0 Å². The van der Waals surface area contributed by atoms with Crippen LogP contribution in [0.5, 0.6) is 0 Å². The number of amides is 1. The Hall–Kier alpha value is -3.22. The minimum atomic E-state index is -0.315. The highest BCUT2D eigenvalue weighted by atomic mass is 19.1. The number of imidazole rings is 2. The van der Waals surface area contributed by atoms with Crippen molar-refractivity contribution >= 4 is 28.0 Å². The summed E-state index contributed by atoms with van der Waals surface area (Å²) < 4.78 is 13.3. The van der Waals surface area contributed by atoms with E-state index in [9.17, 15) is 9.18 Å². The van der Waals surface area contributed by atoms with Crippen molar-refractivity contribution in [3.05, 3.63) is 59.9 Å². The van der Waals surface area contributed by atoms with Crippen LogP contribution in [-0.4, -0.2) is 25.8 Å². The number of benzene rings is 2. The van der Waals surface area contributed by atoms with E-state index in [2.05, 4.69) is 25.3 Å². The summed E-state index contributed by atoms with van der Waals surface area (Å²) in [6, 6.07) is 12.1. The van der Waals surface area contributed by atoms with Gasteiger partial charge in [-0.25, -0.2) is 14.4 Å². The van der Waals surface area contributed by atoms with Crippen LogP contribution in [0.2, 0.25) is 0 Å². The van der Waals surface area contributed by atoms with E-state index in [0.29, 0.717) is 35.1 Å². The molecule has 3 N–H and O–H groups in total. The average Bonchev–Trinajstić information content (AvgIpc) is 3.12. The smallest absolute Gasteiger partial charge is 0.220 e. The van der Waals surface area contributed by atoms with Crippen LogP contribution in [0.25, 0.3) is 22.1 Å². The first kappa shape index (κ1) is 16.9. The molecule has 2 heterocycles. The third-order valence-electron chi connectivity index (χ3n) is 5.38. The Balaban J connectivity index is 1.21. The third kappa shape index (κ3) is 3.13. The number of nitrogens with one attached hydrogen (secondary N) is 3. The fourth-order valence-corrected chi connectivity index (χ4v) is 3.77. The molecule has 28 heavy (non-hydrogen) atoms. The second-order valence-electron chi connectivity index (χ2n) is 7.52. The van der Waals surface area contributed by atoms with E-state index in [0.717, 1.165) is 23.3 Å². The molecule has 0 aliphatic heterocycles. The minimum Gasteiger partial charge on any atom is -0.346 e. The fourth-order valence-electron chi connectivity index (χ4n) is 3.77. The molecule has 142 valence electrons. The van der Waals surface area contributed by atoms with Gasteiger partial charge in [0.2, 0.25) is 5.91 Å². The first-order valence-electron chi connectivity index (χ1n) is 9.46. The number of carbonyl (C=O) groups is 1. The van der Waals surface area contributed by atoms with Crippen LogP contribution in [-0.2, 0) is 4.79 Å². The molecular formula is C21H20FN5O. The van der Waals surface area contributed by atoms with Gasteiger partial charge in [-0.2, -0.15) is 0 Å². The lowest BCUT2D eigenvalue weighted by Gasteiger charge is -2.11. The van der Waals surface area contributed by atoms with E-state index in [1.165, 1.54) is 12.1 Å². The van der Waals surface area contributed by atoms with Crippen LogP contribution >= 0.6 is 0 Å². The number of aromatic nitrogens is 4. The highest BCUT2D eigenvalue weighted by Gasteiger charge is 2.41. The maximum atomic E-state index is 13.3. The van der Waals surface area contributed by atoms with E-state index in [1.54, 1.807) is 6.07 Å². The second kappa shape index (κ2) is 6.44. The molecule has 0 bridgehead atoms. The predicted molar refractivity (Wildman–Crippen MR) is 104 cm³/mol. The number of para-hydroxylation sites is 2.